The number of likely N-dealkylation sites (N-methyl/N-ethyl adjacent to an activating group) is 1. The number of fused-ring (bicyclic) bond motifs is 1. The zero-order chi connectivity index (χ0) is 12.5. The Kier molecular flexibility index (Phi) is 2.76. The normalized spacial score (nSPS) is 17.3. The average Bonchev–Trinajstić information content (AvgIpc) is 2.86. The minimum absolute atomic E-state index is 0.111. The number of aromatic amines is 1. The lowest BCUT2D eigenvalue weighted by molar-refractivity contribution is 0.0664. The van der Waals surface area contributed by atoms with E-state index in [1.165, 1.54) is 0 Å². The lowest BCUT2D eigenvalue weighted by atomic mass is 10.1. The molecule has 1 aliphatic rings. The Bertz CT molecular complexity index is 569. The quantitative estimate of drug-likeness (QED) is 0.812. The average molecular weight is 244 g/mol. The molecule has 94 valence electrons. The molecule has 1 saturated heterocycles. The Labute approximate surface area is 105 Å². The van der Waals surface area contributed by atoms with E-state index in [9.17, 15) is 4.79 Å². The van der Waals surface area contributed by atoms with Crippen LogP contribution in [-0.4, -0.2) is 59.1 Å². The smallest absolute Gasteiger partial charge is 0.254 e. The molecule has 0 bridgehead atoms. The summed E-state index contributed by atoms with van der Waals surface area (Å²) in [5.74, 6) is 0.111. The molecule has 1 aliphatic heterocycles. The summed E-state index contributed by atoms with van der Waals surface area (Å²) in [7, 11) is 2.08. The second-order valence-electron chi connectivity index (χ2n) is 4.77. The van der Waals surface area contributed by atoms with Crippen LogP contribution in [0.15, 0.2) is 24.4 Å². The van der Waals surface area contributed by atoms with Gasteiger partial charge in [-0.05, 0) is 19.2 Å². The van der Waals surface area contributed by atoms with Crippen molar-refractivity contribution in [2.45, 2.75) is 0 Å². The van der Waals surface area contributed by atoms with E-state index in [1.807, 2.05) is 23.1 Å². The number of nitrogens with zero attached hydrogens (tertiary/aromatic N) is 3. The lowest BCUT2D eigenvalue weighted by Crippen LogP contribution is -2.47. The molecule has 3 rings (SSSR count). The first-order valence-corrected chi connectivity index (χ1v) is 6.15. The molecule has 0 spiro atoms. The molecule has 1 N–H and O–H groups in total. The number of benzene rings is 1. The van der Waals surface area contributed by atoms with E-state index in [4.69, 9.17) is 0 Å². The van der Waals surface area contributed by atoms with Crippen LogP contribution in [0, 0.1) is 0 Å². The van der Waals surface area contributed by atoms with Crippen LogP contribution in [0.2, 0.25) is 0 Å². The number of piperazine rings is 1. The van der Waals surface area contributed by atoms with Crippen LogP contribution in [0.4, 0.5) is 0 Å². The number of hydrogen-bond acceptors (Lipinski definition) is 3. The molecular formula is C13H16N4O. The Morgan fingerprint density at radius 3 is 2.83 bits per heavy atom. The zero-order valence-corrected chi connectivity index (χ0v) is 10.4. The van der Waals surface area contributed by atoms with Gasteiger partial charge in [0.25, 0.3) is 5.91 Å². The van der Waals surface area contributed by atoms with Gasteiger partial charge in [0, 0.05) is 37.1 Å². The van der Waals surface area contributed by atoms with Crippen LogP contribution >= 0.6 is 0 Å². The fraction of sp³-hybridized carbons (Fsp3) is 0.385. The predicted octanol–water partition coefficient (Wildman–Crippen LogP) is 0.950. The standard InChI is InChI=1S/C13H16N4O/c1-16-4-6-17(7-5-16)13(18)10-2-3-11-9-14-15-12(11)8-10/h2-3,8-9H,4-7H2,1H3,(H,14,15). The third-order valence-electron chi connectivity index (χ3n) is 3.48. The summed E-state index contributed by atoms with van der Waals surface area (Å²) in [6, 6.07) is 5.68. The summed E-state index contributed by atoms with van der Waals surface area (Å²) < 4.78 is 0. The maximum absolute atomic E-state index is 12.3. The number of nitrogens with one attached hydrogen (secondary N) is 1. The van der Waals surface area contributed by atoms with Crippen LogP contribution in [0.3, 0.4) is 0 Å². The van der Waals surface area contributed by atoms with Crippen molar-refractivity contribution in [3.05, 3.63) is 30.0 Å². The lowest BCUT2D eigenvalue weighted by Gasteiger charge is -2.32. The first kappa shape index (κ1) is 11.2. The molecule has 0 atom stereocenters. The first-order chi connectivity index (χ1) is 8.74. The molecule has 1 fully saturated rings. The second kappa shape index (κ2) is 4.42. The van der Waals surface area contributed by atoms with Crippen molar-refractivity contribution in [2.24, 2.45) is 0 Å². The molecule has 2 heterocycles. The summed E-state index contributed by atoms with van der Waals surface area (Å²) in [6.07, 6.45) is 1.76. The maximum atomic E-state index is 12.3. The van der Waals surface area contributed by atoms with Gasteiger partial charge in [-0.1, -0.05) is 6.07 Å². The van der Waals surface area contributed by atoms with Crippen LogP contribution in [0.25, 0.3) is 10.9 Å². The van der Waals surface area contributed by atoms with Crippen LogP contribution < -0.4 is 0 Å². The van der Waals surface area contributed by atoms with Crippen molar-refractivity contribution in [1.82, 2.24) is 20.0 Å². The zero-order valence-electron chi connectivity index (χ0n) is 10.4. The van der Waals surface area contributed by atoms with Gasteiger partial charge >= 0.3 is 0 Å². The molecule has 5 heteroatoms. The summed E-state index contributed by atoms with van der Waals surface area (Å²) in [5.41, 5.74) is 1.64. The van der Waals surface area contributed by atoms with Crippen LogP contribution in [-0.2, 0) is 0 Å². The van der Waals surface area contributed by atoms with Gasteiger partial charge in [0.15, 0.2) is 0 Å². The highest BCUT2D eigenvalue weighted by Gasteiger charge is 2.20. The summed E-state index contributed by atoms with van der Waals surface area (Å²) in [5, 5.41) is 7.90. The van der Waals surface area contributed by atoms with Gasteiger partial charge in [-0.15, -0.1) is 0 Å². The number of rotatable bonds is 1. The summed E-state index contributed by atoms with van der Waals surface area (Å²) in [4.78, 5) is 16.5. The maximum Gasteiger partial charge on any atom is 0.254 e. The van der Waals surface area contributed by atoms with Gasteiger partial charge in [-0.25, -0.2) is 0 Å². The SMILES string of the molecule is CN1CCN(C(=O)c2ccc3cn[nH]c3c2)CC1. The third kappa shape index (κ3) is 1.97. The molecule has 0 unspecified atom stereocenters. The molecule has 1 aromatic heterocycles. The molecule has 1 amide bonds. The molecule has 0 saturated carbocycles. The number of aromatic nitrogens is 2. The van der Waals surface area contributed by atoms with Gasteiger partial charge in [0.05, 0.1) is 11.7 Å². The van der Waals surface area contributed by atoms with Crippen molar-refractivity contribution >= 4 is 16.8 Å². The topological polar surface area (TPSA) is 52.2 Å². The molecule has 0 aliphatic carbocycles. The molecule has 1 aromatic carbocycles. The minimum Gasteiger partial charge on any atom is -0.336 e. The van der Waals surface area contributed by atoms with E-state index >= 15 is 0 Å². The first-order valence-electron chi connectivity index (χ1n) is 6.15. The van der Waals surface area contributed by atoms with E-state index in [-0.39, 0.29) is 5.91 Å². The van der Waals surface area contributed by atoms with Crippen molar-refractivity contribution in [1.29, 1.82) is 0 Å². The Hall–Kier alpha value is -1.88. The second-order valence-corrected chi connectivity index (χ2v) is 4.77. The van der Waals surface area contributed by atoms with Crippen LogP contribution in [0.1, 0.15) is 10.4 Å². The van der Waals surface area contributed by atoms with E-state index < -0.39 is 0 Å². The molecule has 2 aromatic rings. The third-order valence-corrected chi connectivity index (χ3v) is 3.48. The van der Waals surface area contributed by atoms with Crippen LogP contribution in [0.5, 0.6) is 0 Å². The number of hydrogen-bond donors (Lipinski definition) is 1. The molecule has 18 heavy (non-hydrogen) atoms. The predicted molar refractivity (Wildman–Crippen MR) is 69.5 cm³/mol. The number of carbonyl (C=O) groups excluding carboxylic acids is 1. The highest BCUT2D eigenvalue weighted by atomic mass is 16.2. The van der Waals surface area contributed by atoms with Gasteiger partial charge in [-0.2, -0.15) is 5.10 Å². The fourth-order valence-corrected chi connectivity index (χ4v) is 2.26. The summed E-state index contributed by atoms with van der Waals surface area (Å²) >= 11 is 0. The molecule has 5 nitrogen and oxygen atoms in total. The van der Waals surface area contributed by atoms with Gasteiger partial charge in [0.2, 0.25) is 0 Å². The largest absolute Gasteiger partial charge is 0.336 e. The van der Waals surface area contributed by atoms with E-state index in [2.05, 4.69) is 22.1 Å². The monoisotopic (exact) mass is 244 g/mol. The van der Waals surface area contributed by atoms with Crippen molar-refractivity contribution in [2.75, 3.05) is 33.2 Å². The highest BCUT2D eigenvalue weighted by Crippen LogP contribution is 2.15. The Morgan fingerprint density at radius 2 is 2.06 bits per heavy atom. The number of carbonyl (C=O) groups is 1. The Morgan fingerprint density at radius 1 is 1.28 bits per heavy atom. The minimum atomic E-state index is 0.111. The molecular weight excluding hydrogens is 228 g/mol. The van der Waals surface area contributed by atoms with E-state index in [0.29, 0.717) is 0 Å². The van der Waals surface area contributed by atoms with Crippen molar-refractivity contribution in [3.63, 3.8) is 0 Å². The van der Waals surface area contributed by atoms with Gasteiger partial charge in [-0.3, -0.25) is 9.89 Å². The highest BCUT2D eigenvalue weighted by molar-refractivity contribution is 5.97. The number of amides is 1. The van der Waals surface area contributed by atoms with Gasteiger partial charge < -0.3 is 9.80 Å². The van der Waals surface area contributed by atoms with Crippen molar-refractivity contribution < 1.29 is 4.79 Å². The Balaban J connectivity index is 1.82. The molecule has 0 radical (unpaired) electrons. The summed E-state index contributed by atoms with van der Waals surface area (Å²) in [6.45, 7) is 3.49. The van der Waals surface area contributed by atoms with E-state index in [1.54, 1.807) is 6.20 Å². The van der Waals surface area contributed by atoms with Gasteiger partial charge in [0.1, 0.15) is 0 Å². The van der Waals surface area contributed by atoms with E-state index in [0.717, 1.165) is 42.6 Å². The van der Waals surface area contributed by atoms with Crippen molar-refractivity contribution in [3.8, 4) is 0 Å². The fourth-order valence-electron chi connectivity index (χ4n) is 2.26. The number of H-pyrrole nitrogens is 1.